The molecular weight excluding hydrogens is 162 g/mol. The number of aromatic nitrogens is 2. The Labute approximate surface area is 78.3 Å². The first-order chi connectivity index (χ1) is 6.16. The fourth-order valence-corrected chi connectivity index (χ4v) is 1.26. The molecule has 0 radical (unpaired) electrons. The van der Waals surface area contributed by atoms with Gasteiger partial charge in [-0.25, -0.2) is 0 Å². The summed E-state index contributed by atoms with van der Waals surface area (Å²) in [5.74, 6) is 0. The molecule has 0 aliphatic rings. The third-order valence-electron chi connectivity index (χ3n) is 2.06. The number of aryl methyl sites for hydroxylation is 2. The van der Waals surface area contributed by atoms with Crippen molar-refractivity contribution in [2.24, 2.45) is 7.05 Å². The Kier molecular flexibility index (Phi) is 2.86. The van der Waals surface area contributed by atoms with E-state index in [4.69, 9.17) is 5.26 Å². The Morgan fingerprint density at radius 1 is 1.54 bits per heavy atom. The molecule has 0 amide bonds. The molecule has 0 N–H and O–H groups in total. The van der Waals surface area contributed by atoms with E-state index in [0.717, 1.165) is 17.0 Å². The average molecular weight is 175 g/mol. The highest BCUT2D eigenvalue weighted by Gasteiger charge is 2.04. The maximum atomic E-state index is 8.37. The highest BCUT2D eigenvalue weighted by Crippen LogP contribution is 2.13. The van der Waals surface area contributed by atoms with Crippen molar-refractivity contribution in [2.75, 3.05) is 0 Å². The number of nitrogens with zero attached hydrogens (tertiary/aromatic N) is 3. The zero-order valence-corrected chi connectivity index (χ0v) is 8.20. The highest BCUT2D eigenvalue weighted by molar-refractivity contribution is 5.54. The van der Waals surface area contributed by atoms with Crippen LogP contribution in [-0.2, 0) is 7.05 Å². The van der Waals surface area contributed by atoms with E-state index < -0.39 is 0 Å². The van der Waals surface area contributed by atoms with Crippen LogP contribution in [-0.4, -0.2) is 9.78 Å². The van der Waals surface area contributed by atoms with E-state index in [-0.39, 0.29) is 0 Å². The van der Waals surface area contributed by atoms with Crippen molar-refractivity contribution < 1.29 is 0 Å². The van der Waals surface area contributed by atoms with Gasteiger partial charge in [-0.05, 0) is 13.8 Å². The molecule has 0 unspecified atom stereocenters. The molecule has 13 heavy (non-hydrogen) atoms. The molecule has 1 heterocycles. The molecule has 3 heteroatoms. The number of nitriles is 1. The number of hydrogen-bond donors (Lipinski definition) is 0. The van der Waals surface area contributed by atoms with E-state index in [9.17, 15) is 0 Å². The number of hydrogen-bond acceptors (Lipinski definition) is 2. The highest BCUT2D eigenvalue weighted by atomic mass is 15.3. The Bertz CT molecular complexity index is 366. The van der Waals surface area contributed by atoms with Gasteiger partial charge < -0.3 is 0 Å². The predicted octanol–water partition coefficient (Wildman–Crippen LogP) is 1.96. The van der Waals surface area contributed by atoms with Crippen LogP contribution in [0.2, 0.25) is 0 Å². The number of allylic oxidation sites excluding steroid dienone is 1. The molecule has 0 fully saturated rings. The molecule has 0 saturated heterocycles. The molecule has 0 saturated carbocycles. The van der Waals surface area contributed by atoms with Crippen LogP contribution in [0.15, 0.2) is 6.08 Å². The molecule has 0 aliphatic carbocycles. The third-order valence-corrected chi connectivity index (χ3v) is 2.06. The minimum atomic E-state index is 0.452. The van der Waals surface area contributed by atoms with Gasteiger partial charge in [0.2, 0.25) is 0 Å². The summed E-state index contributed by atoms with van der Waals surface area (Å²) in [4.78, 5) is 0. The van der Waals surface area contributed by atoms with Crippen LogP contribution in [0.4, 0.5) is 0 Å². The normalized spacial score (nSPS) is 10.6. The minimum absolute atomic E-state index is 0.452. The number of rotatable bonds is 2. The lowest BCUT2D eigenvalue weighted by atomic mass is 10.2. The summed E-state index contributed by atoms with van der Waals surface area (Å²) < 4.78 is 1.85. The first-order valence-corrected chi connectivity index (χ1v) is 4.20. The quantitative estimate of drug-likeness (QED) is 0.689. The van der Waals surface area contributed by atoms with Crippen LogP contribution >= 0.6 is 0 Å². The van der Waals surface area contributed by atoms with E-state index in [2.05, 4.69) is 11.2 Å². The molecule has 0 aromatic carbocycles. The van der Waals surface area contributed by atoms with Crippen LogP contribution in [0.1, 0.15) is 23.4 Å². The average Bonchev–Trinajstić information content (AvgIpc) is 2.32. The van der Waals surface area contributed by atoms with E-state index in [0.29, 0.717) is 6.42 Å². The lowest BCUT2D eigenvalue weighted by Crippen LogP contribution is -1.92. The standard InChI is InChI=1S/C10H13N3/c1-8-10(6-4-5-7-11)9(2)13(3)12-8/h4,6H,5H2,1-3H3. The fraction of sp³-hybridized carbons (Fsp3) is 0.400. The molecule has 0 atom stereocenters. The van der Waals surface area contributed by atoms with Crippen molar-refractivity contribution in [3.8, 4) is 6.07 Å². The van der Waals surface area contributed by atoms with Gasteiger partial charge >= 0.3 is 0 Å². The van der Waals surface area contributed by atoms with Crippen LogP contribution in [0, 0.1) is 25.2 Å². The maximum absolute atomic E-state index is 8.37. The van der Waals surface area contributed by atoms with Gasteiger partial charge in [0.1, 0.15) is 0 Å². The second-order valence-corrected chi connectivity index (χ2v) is 2.97. The van der Waals surface area contributed by atoms with Crippen LogP contribution in [0.5, 0.6) is 0 Å². The van der Waals surface area contributed by atoms with Gasteiger partial charge in [-0.1, -0.05) is 12.2 Å². The van der Waals surface area contributed by atoms with Crippen molar-refractivity contribution in [1.29, 1.82) is 5.26 Å². The summed E-state index contributed by atoms with van der Waals surface area (Å²) in [5.41, 5.74) is 3.26. The molecule has 68 valence electrons. The smallest absolute Gasteiger partial charge is 0.0668 e. The Hall–Kier alpha value is -1.56. The summed E-state index contributed by atoms with van der Waals surface area (Å²) in [6.07, 6.45) is 4.27. The maximum Gasteiger partial charge on any atom is 0.0668 e. The van der Waals surface area contributed by atoms with Crippen molar-refractivity contribution in [3.63, 3.8) is 0 Å². The monoisotopic (exact) mass is 175 g/mol. The van der Waals surface area contributed by atoms with Crippen LogP contribution in [0.25, 0.3) is 6.08 Å². The summed E-state index contributed by atoms with van der Waals surface area (Å²) >= 11 is 0. The lowest BCUT2D eigenvalue weighted by Gasteiger charge is -1.93. The SMILES string of the molecule is Cc1nn(C)c(C)c1C=CCC#N. The van der Waals surface area contributed by atoms with E-state index in [1.54, 1.807) is 0 Å². The van der Waals surface area contributed by atoms with Crippen molar-refractivity contribution in [3.05, 3.63) is 23.0 Å². The van der Waals surface area contributed by atoms with E-state index in [1.807, 2.05) is 37.7 Å². The Balaban J connectivity index is 2.95. The van der Waals surface area contributed by atoms with Gasteiger partial charge in [-0.3, -0.25) is 4.68 Å². The van der Waals surface area contributed by atoms with Crippen molar-refractivity contribution in [1.82, 2.24) is 9.78 Å². The van der Waals surface area contributed by atoms with E-state index in [1.165, 1.54) is 0 Å². The molecule has 1 aromatic heterocycles. The Morgan fingerprint density at radius 2 is 2.23 bits per heavy atom. The summed E-state index contributed by atoms with van der Waals surface area (Å²) in [7, 11) is 1.92. The van der Waals surface area contributed by atoms with Crippen molar-refractivity contribution in [2.45, 2.75) is 20.3 Å². The first kappa shape index (κ1) is 9.53. The first-order valence-electron chi connectivity index (χ1n) is 4.20. The topological polar surface area (TPSA) is 41.6 Å². The van der Waals surface area contributed by atoms with Crippen molar-refractivity contribution >= 4 is 6.08 Å². The van der Waals surface area contributed by atoms with Gasteiger partial charge in [0.15, 0.2) is 0 Å². The summed E-state index contributed by atoms with van der Waals surface area (Å²) in [6, 6.07) is 2.07. The second-order valence-electron chi connectivity index (χ2n) is 2.97. The molecule has 3 nitrogen and oxygen atoms in total. The van der Waals surface area contributed by atoms with Gasteiger partial charge in [0.05, 0.1) is 18.2 Å². The zero-order valence-electron chi connectivity index (χ0n) is 8.20. The minimum Gasteiger partial charge on any atom is -0.272 e. The zero-order chi connectivity index (χ0) is 9.84. The Morgan fingerprint density at radius 3 is 2.69 bits per heavy atom. The molecule has 0 spiro atoms. The van der Waals surface area contributed by atoms with Gasteiger partial charge in [-0.2, -0.15) is 10.4 Å². The van der Waals surface area contributed by atoms with Gasteiger partial charge in [0, 0.05) is 18.3 Å². The second kappa shape index (κ2) is 3.90. The van der Waals surface area contributed by atoms with Gasteiger partial charge in [-0.15, -0.1) is 0 Å². The third kappa shape index (κ3) is 1.97. The predicted molar refractivity (Wildman–Crippen MR) is 51.9 cm³/mol. The molecule has 0 aliphatic heterocycles. The lowest BCUT2D eigenvalue weighted by molar-refractivity contribution is 0.731. The summed E-state index contributed by atoms with van der Waals surface area (Å²) in [6.45, 7) is 3.99. The molecule has 1 aromatic rings. The largest absolute Gasteiger partial charge is 0.272 e. The molecule has 0 bridgehead atoms. The van der Waals surface area contributed by atoms with E-state index >= 15 is 0 Å². The van der Waals surface area contributed by atoms with Gasteiger partial charge in [0.25, 0.3) is 0 Å². The van der Waals surface area contributed by atoms with Crippen LogP contribution in [0.3, 0.4) is 0 Å². The summed E-state index contributed by atoms with van der Waals surface area (Å²) in [5, 5.41) is 12.6. The van der Waals surface area contributed by atoms with Crippen LogP contribution < -0.4 is 0 Å². The molecular formula is C10H13N3. The fourth-order valence-electron chi connectivity index (χ4n) is 1.26. The molecule has 1 rings (SSSR count).